The molecule has 0 saturated heterocycles. The van der Waals surface area contributed by atoms with Gasteiger partial charge in [0.05, 0.1) is 5.56 Å². The summed E-state index contributed by atoms with van der Waals surface area (Å²) in [6, 6.07) is 8.84. The van der Waals surface area contributed by atoms with Crippen molar-refractivity contribution in [2.75, 3.05) is 0 Å². The van der Waals surface area contributed by atoms with E-state index in [9.17, 15) is 18.3 Å². The average Bonchev–Trinajstić information content (AvgIpc) is 2.46. The lowest BCUT2D eigenvalue weighted by molar-refractivity contribution is -0.137. The molecule has 0 aromatic heterocycles. The molecule has 0 fully saturated rings. The van der Waals surface area contributed by atoms with E-state index >= 15 is 0 Å². The first kappa shape index (κ1) is 17.4. The first-order valence-corrected chi connectivity index (χ1v) is 7.65. The van der Waals surface area contributed by atoms with Crippen molar-refractivity contribution in [2.24, 2.45) is 0 Å². The predicted octanol–water partition coefficient (Wildman–Crippen LogP) is 6.32. The summed E-state index contributed by atoms with van der Waals surface area (Å²) in [6.07, 6.45) is -4.33. The maximum absolute atomic E-state index is 12.7. The minimum atomic E-state index is -4.33. The standard InChI is InChI=1S/C19H21F3O/c1-11(2)16-9-14(10-17(12(3)4)18(16)23)13-5-7-15(8-6-13)19(20,21)22/h5-12,23H,1-4H3. The van der Waals surface area contributed by atoms with Crippen LogP contribution in [-0.4, -0.2) is 5.11 Å². The molecule has 0 radical (unpaired) electrons. The van der Waals surface area contributed by atoms with Crippen LogP contribution in [0.1, 0.15) is 56.2 Å². The van der Waals surface area contributed by atoms with Gasteiger partial charge in [0.1, 0.15) is 5.75 Å². The Morgan fingerprint density at radius 1 is 0.783 bits per heavy atom. The van der Waals surface area contributed by atoms with E-state index in [1.165, 1.54) is 12.1 Å². The van der Waals surface area contributed by atoms with Crippen molar-refractivity contribution >= 4 is 0 Å². The average molecular weight is 322 g/mol. The summed E-state index contributed by atoms with van der Waals surface area (Å²) < 4.78 is 38.0. The molecule has 0 aliphatic heterocycles. The van der Waals surface area contributed by atoms with Gasteiger partial charge in [0.25, 0.3) is 0 Å². The lowest BCUT2D eigenvalue weighted by Crippen LogP contribution is -2.04. The number of rotatable bonds is 3. The minimum absolute atomic E-state index is 0.127. The Morgan fingerprint density at radius 3 is 1.57 bits per heavy atom. The monoisotopic (exact) mass is 322 g/mol. The summed E-state index contributed by atoms with van der Waals surface area (Å²) in [5.74, 6) is 0.537. The van der Waals surface area contributed by atoms with E-state index in [0.717, 1.165) is 28.8 Å². The van der Waals surface area contributed by atoms with Gasteiger partial charge in [0.2, 0.25) is 0 Å². The van der Waals surface area contributed by atoms with E-state index in [1.807, 2.05) is 39.8 Å². The SMILES string of the molecule is CC(C)c1cc(-c2ccc(C(F)(F)F)cc2)cc(C(C)C)c1O. The van der Waals surface area contributed by atoms with Crippen molar-refractivity contribution in [3.05, 3.63) is 53.1 Å². The van der Waals surface area contributed by atoms with Crippen LogP contribution in [0.3, 0.4) is 0 Å². The van der Waals surface area contributed by atoms with Gasteiger partial charge < -0.3 is 5.11 Å². The normalized spacial score (nSPS) is 12.2. The second-order valence-electron chi connectivity index (χ2n) is 6.39. The lowest BCUT2D eigenvalue weighted by Gasteiger charge is -2.18. The molecule has 124 valence electrons. The third kappa shape index (κ3) is 3.69. The summed E-state index contributed by atoms with van der Waals surface area (Å²) >= 11 is 0. The van der Waals surface area contributed by atoms with Crippen molar-refractivity contribution in [2.45, 2.75) is 45.7 Å². The maximum Gasteiger partial charge on any atom is 0.416 e. The highest BCUT2D eigenvalue weighted by atomic mass is 19.4. The molecule has 0 amide bonds. The molecule has 23 heavy (non-hydrogen) atoms. The number of phenolic OH excluding ortho intramolecular Hbond substituents is 1. The van der Waals surface area contributed by atoms with Crippen LogP contribution in [0.15, 0.2) is 36.4 Å². The molecule has 0 saturated carbocycles. The van der Waals surface area contributed by atoms with Crippen LogP contribution in [-0.2, 0) is 6.18 Å². The zero-order valence-electron chi connectivity index (χ0n) is 13.7. The van der Waals surface area contributed by atoms with E-state index < -0.39 is 11.7 Å². The van der Waals surface area contributed by atoms with Gasteiger partial charge in [-0.25, -0.2) is 0 Å². The van der Waals surface area contributed by atoms with Crippen LogP contribution >= 0.6 is 0 Å². The Kier molecular flexibility index (Phi) is 4.73. The number of hydrogen-bond donors (Lipinski definition) is 1. The van der Waals surface area contributed by atoms with E-state index in [0.29, 0.717) is 5.56 Å². The van der Waals surface area contributed by atoms with E-state index in [1.54, 1.807) is 0 Å². The van der Waals surface area contributed by atoms with Crippen molar-refractivity contribution < 1.29 is 18.3 Å². The van der Waals surface area contributed by atoms with Crippen LogP contribution in [0.2, 0.25) is 0 Å². The Morgan fingerprint density at radius 2 is 1.22 bits per heavy atom. The molecule has 0 aliphatic carbocycles. The fraction of sp³-hybridized carbons (Fsp3) is 0.368. The number of benzene rings is 2. The van der Waals surface area contributed by atoms with E-state index in [2.05, 4.69) is 0 Å². The molecule has 4 heteroatoms. The van der Waals surface area contributed by atoms with Gasteiger partial charge in [-0.1, -0.05) is 39.8 Å². The Balaban J connectivity index is 2.55. The molecule has 2 aromatic rings. The van der Waals surface area contributed by atoms with E-state index in [4.69, 9.17) is 0 Å². The van der Waals surface area contributed by atoms with Gasteiger partial charge in [-0.15, -0.1) is 0 Å². The highest BCUT2D eigenvalue weighted by molar-refractivity contribution is 5.68. The van der Waals surface area contributed by atoms with Crippen LogP contribution in [0.5, 0.6) is 5.75 Å². The van der Waals surface area contributed by atoms with Crippen LogP contribution in [0, 0.1) is 0 Å². The molecule has 1 N–H and O–H groups in total. The summed E-state index contributed by atoms with van der Waals surface area (Å²) in [7, 11) is 0. The Bertz CT molecular complexity index is 654. The smallest absolute Gasteiger partial charge is 0.416 e. The van der Waals surface area contributed by atoms with Crippen molar-refractivity contribution in [3.8, 4) is 16.9 Å². The number of aromatic hydroxyl groups is 1. The molecule has 0 atom stereocenters. The predicted molar refractivity (Wildman–Crippen MR) is 86.7 cm³/mol. The van der Waals surface area contributed by atoms with E-state index in [-0.39, 0.29) is 17.6 Å². The van der Waals surface area contributed by atoms with Gasteiger partial charge in [-0.05, 0) is 58.4 Å². The molecule has 2 aromatic carbocycles. The van der Waals surface area contributed by atoms with Gasteiger partial charge in [0, 0.05) is 0 Å². The number of phenols is 1. The first-order chi connectivity index (χ1) is 10.6. The zero-order chi connectivity index (χ0) is 17.4. The fourth-order valence-electron chi connectivity index (χ4n) is 2.58. The molecular weight excluding hydrogens is 301 g/mol. The molecule has 0 spiro atoms. The number of halogens is 3. The van der Waals surface area contributed by atoms with Crippen molar-refractivity contribution in [1.82, 2.24) is 0 Å². The molecular formula is C19H21F3O. The van der Waals surface area contributed by atoms with Crippen molar-refractivity contribution in [1.29, 1.82) is 0 Å². The largest absolute Gasteiger partial charge is 0.507 e. The summed E-state index contributed by atoms with van der Waals surface area (Å²) in [5, 5.41) is 10.4. The molecule has 2 rings (SSSR count). The third-order valence-electron chi connectivity index (χ3n) is 3.96. The second kappa shape index (κ2) is 6.26. The van der Waals surface area contributed by atoms with Crippen LogP contribution in [0.4, 0.5) is 13.2 Å². The van der Waals surface area contributed by atoms with Gasteiger partial charge in [-0.2, -0.15) is 13.2 Å². The maximum atomic E-state index is 12.7. The number of hydrogen-bond acceptors (Lipinski definition) is 1. The molecule has 0 bridgehead atoms. The van der Waals surface area contributed by atoms with Crippen molar-refractivity contribution in [3.63, 3.8) is 0 Å². The van der Waals surface area contributed by atoms with Crippen LogP contribution < -0.4 is 0 Å². The molecule has 1 nitrogen and oxygen atoms in total. The lowest BCUT2D eigenvalue weighted by atomic mass is 9.89. The number of alkyl halides is 3. The minimum Gasteiger partial charge on any atom is -0.507 e. The Labute approximate surface area is 134 Å². The third-order valence-corrected chi connectivity index (χ3v) is 3.96. The van der Waals surface area contributed by atoms with Gasteiger partial charge in [0.15, 0.2) is 0 Å². The summed E-state index contributed by atoms with van der Waals surface area (Å²) in [5.41, 5.74) is 2.50. The summed E-state index contributed by atoms with van der Waals surface area (Å²) in [6.45, 7) is 7.93. The first-order valence-electron chi connectivity index (χ1n) is 7.65. The highest BCUT2D eigenvalue weighted by Crippen LogP contribution is 2.38. The van der Waals surface area contributed by atoms with Crippen LogP contribution in [0.25, 0.3) is 11.1 Å². The fourth-order valence-corrected chi connectivity index (χ4v) is 2.58. The summed E-state index contributed by atoms with van der Waals surface area (Å²) in [4.78, 5) is 0. The zero-order valence-corrected chi connectivity index (χ0v) is 13.7. The second-order valence-corrected chi connectivity index (χ2v) is 6.39. The molecule has 0 aliphatic rings. The van der Waals surface area contributed by atoms with Gasteiger partial charge >= 0.3 is 6.18 Å². The highest BCUT2D eigenvalue weighted by Gasteiger charge is 2.30. The molecule has 0 unspecified atom stereocenters. The quantitative estimate of drug-likeness (QED) is 0.700. The topological polar surface area (TPSA) is 20.2 Å². The Hall–Kier alpha value is -1.97. The molecule has 0 heterocycles. The van der Waals surface area contributed by atoms with Gasteiger partial charge in [-0.3, -0.25) is 0 Å².